The zero-order chi connectivity index (χ0) is 11.9. The average Bonchev–Trinajstić information content (AvgIpc) is 2.76. The van der Waals surface area contributed by atoms with Crippen LogP contribution in [-0.4, -0.2) is 25.0 Å². The molecule has 3 rings (SSSR count). The molecule has 0 aliphatic heterocycles. The molecule has 0 amide bonds. The van der Waals surface area contributed by atoms with E-state index in [9.17, 15) is 0 Å². The van der Waals surface area contributed by atoms with E-state index in [0.717, 1.165) is 18.5 Å². The van der Waals surface area contributed by atoms with Gasteiger partial charge in [-0.25, -0.2) is 14.6 Å². The van der Waals surface area contributed by atoms with Gasteiger partial charge in [0.2, 0.25) is 0 Å². The molecule has 1 aliphatic carbocycles. The SMILES string of the molecule is CC1(n2nnc3c(N)ncnc32)CCCCC1. The van der Waals surface area contributed by atoms with Crippen molar-refractivity contribution >= 4 is 17.0 Å². The summed E-state index contributed by atoms with van der Waals surface area (Å²) in [6, 6.07) is 0. The van der Waals surface area contributed by atoms with Crippen LogP contribution in [0.4, 0.5) is 5.82 Å². The molecule has 17 heavy (non-hydrogen) atoms. The lowest BCUT2D eigenvalue weighted by Gasteiger charge is -2.33. The molecule has 2 aromatic heterocycles. The predicted molar refractivity (Wildman–Crippen MR) is 64.3 cm³/mol. The van der Waals surface area contributed by atoms with E-state index in [1.807, 2.05) is 4.68 Å². The summed E-state index contributed by atoms with van der Waals surface area (Å²) in [5.41, 5.74) is 7.16. The van der Waals surface area contributed by atoms with Crippen LogP contribution in [0.2, 0.25) is 0 Å². The van der Waals surface area contributed by atoms with Crippen molar-refractivity contribution in [2.75, 3.05) is 5.73 Å². The van der Waals surface area contributed by atoms with Gasteiger partial charge in [0, 0.05) is 0 Å². The van der Waals surface area contributed by atoms with Crippen LogP contribution in [0, 0.1) is 0 Å². The molecule has 1 aliphatic rings. The zero-order valence-corrected chi connectivity index (χ0v) is 9.93. The van der Waals surface area contributed by atoms with Crippen LogP contribution in [0.25, 0.3) is 11.2 Å². The third kappa shape index (κ3) is 1.55. The molecule has 0 unspecified atom stereocenters. The lowest BCUT2D eigenvalue weighted by atomic mass is 9.83. The minimum Gasteiger partial charge on any atom is -0.382 e. The van der Waals surface area contributed by atoms with E-state index in [-0.39, 0.29) is 5.54 Å². The Bertz CT molecular complexity index is 540. The molecule has 0 radical (unpaired) electrons. The third-order valence-corrected chi connectivity index (χ3v) is 3.71. The highest BCUT2D eigenvalue weighted by Crippen LogP contribution is 2.35. The van der Waals surface area contributed by atoms with Gasteiger partial charge in [-0.3, -0.25) is 0 Å². The second kappa shape index (κ2) is 3.65. The normalized spacial score (nSPS) is 19.6. The van der Waals surface area contributed by atoms with Crippen molar-refractivity contribution in [1.82, 2.24) is 25.0 Å². The molecule has 6 heteroatoms. The molecule has 0 atom stereocenters. The first-order valence-corrected chi connectivity index (χ1v) is 6.03. The predicted octanol–water partition coefficient (Wildman–Crippen LogP) is 1.48. The smallest absolute Gasteiger partial charge is 0.184 e. The molecule has 1 fully saturated rings. The van der Waals surface area contributed by atoms with Gasteiger partial charge in [0.25, 0.3) is 0 Å². The van der Waals surface area contributed by atoms with Crippen molar-refractivity contribution in [2.45, 2.75) is 44.6 Å². The second-order valence-corrected chi connectivity index (χ2v) is 4.99. The molecule has 0 bridgehead atoms. The lowest BCUT2D eigenvalue weighted by Crippen LogP contribution is -2.33. The number of rotatable bonds is 1. The van der Waals surface area contributed by atoms with Crippen molar-refractivity contribution < 1.29 is 0 Å². The number of nitrogens with zero attached hydrogens (tertiary/aromatic N) is 5. The number of hydrogen-bond donors (Lipinski definition) is 1. The van der Waals surface area contributed by atoms with Crippen LogP contribution >= 0.6 is 0 Å². The summed E-state index contributed by atoms with van der Waals surface area (Å²) in [5.74, 6) is 0.403. The zero-order valence-electron chi connectivity index (χ0n) is 9.93. The average molecular weight is 232 g/mol. The van der Waals surface area contributed by atoms with Crippen LogP contribution in [0.15, 0.2) is 6.33 Å². The summed E-state index contributed by atoms with van der Waals surface area (Å²) in [6.45, 7) is 2.22. The maximum atomic E-state index is 5.78. The molecule has 1 saturated carbocycles. The Morgan fingerprint density at radius 3 is 2.76 bits per heavy atom. The Morgan fingerprint density at radius 1 is 1.24 bits per heavy atom. The summed E-state index contributed by atoms with van der Waals surface area (Å²) in [5, 5.41) is 8.34. The molecular formula is C11H16N6. The lowest BCUT2D eigenvalue weighted by molar-refractivity contribution is 0.200. The molecule has 90 valence electrons. The molecule has 6 nitrogen and oxygen atoms in total. The summed E-state index contributed by atoms with van der Waals surface area (Å²) in [6.07, 6.45) is 7.49. The van der Waals surface area contributed by atoms with E-state index < -0.39 is 0 Å². The fourth-order valence-corrected chi connectivity index (χ4v) is 2.65. The highest BCUT2D eigenvalue weighted by Gasteiger charge is 2.32. The molecular weight excluding hydrogens is 216 g/mol. The Morgan fingerprint density at radius 2 is 2.00 bits per heavy atom. The molecule has 0 saturated heterocycles. The summed E-state index contributed by atoms with van der Waals surface area (Å²) < 4.78 is 1.93. The van der Waals surface area contributed by atoms with E-state index >= 15 is 0 Å². The van der Waals surface area contributed by atoms with Gasteiger partial charge >= 0.3 is 0 Å². The van der Waals surface area contributed by atoms with Gasteiger partial charge in [-0.2, -0.15) is 0 Å². The summed E-state index contributed by atoms with van der Waals surface area (Å²) in [4.78, 5) is 8.21. The van der Waals surface area contributed by atoms with Gasteiger partial charge in [-0.05, 0) is 19.8 Å². The molecule has 0 aromatic carbocycles. The van der Waals surface area contributed by atoms with Gasteiger partial charge < -0.3 is 5.73 Å². The first-order chi connectivity index (χ1) is 8.21. The fraction of sp³-hybridized carbons (Fsp3) is 0.636. The van der Waals surface area contributed by atoms with Crippen LogP contribution in [0.1, 0.15) is 39.0 Å². The van der Waals surface area contributed by atoms with E-state index in [1.165, 1.54) is 25.6 Å². The van der Waals surface area contributed by atoms with Gasteiger partial charge in [0.15, 0.2) is 17.0 Å². The van der Waals surface area contributed by atoms with Gasteiger partial charge in [-0.15, -0.1) is 5.10 Å². The van der Waals surface area contributed by atoms with E-state index in [4.69, 9.17) is 5.73 Å². The van der Waals surface area contributed by atoms with Crippen molar-refractivity contribution in [3.8, 4) is 0 Å². The second-order valence-electron chi connectivity index (χ2n) is 4.99. The summed E-state index contributed by atoms with van der Waals surface area (Å²) >= 11 is 0. The maximum Gasteiger partial charge on any atom is 0.184 e. The molecule has 0 spiro atoms. The van der Waals surface area contributed by atoms with Crippen molar-refractivity contribution in [3.63, 3.8) is 0 Å². The van der Waals surface area contributed by atoms with E-state index in [0.29, 0.717) is 11.3 Å². The Labute approximate surface area is 99.2 Å². The molecule has 2 N–H and O–H groups in total. The monoisotopic (exact) mass is 232 g/mol. The molecule has 2 aromatic rings. The fourth-order valence-electron chi connectivity index (χ4n) is 2.65. The number of aromatic nitrogens is 5. The van der Waals surface area contributed by atoms with E-state index in [2.05, 4.69) is 27.2 Å². The molecule has 2 heterocycles. The number of nitrogens with two attached hydrogens (primary N) is 1. The standard InChI is InChI=1S/C11H16N6/c1-11(5-3-2-4-6-11)17-10-8(15-16-17)9(12)13-7-14-10/h7H,2-6H2,1H3,(H2,12,13,14). The largest absolute Gasteiger partial charge is 0.382 e. The number of anilines is 1. The van der Waals surface area contributed by atoms with Gasteiger partial charge in [0.1, 0.15) is 6.33 Å². The van der Waals surface area contributed by atoms with E-state index in [1.54, 1.807) is 0 Å². The van der Waals surface area contributed by atoms with Gasteiger partial charge in [0.05, 0.1) is 5.54 Å². The Balaban J connectivity index is 2.14. The van der Waals surface area contributed by atoms with Crippen LogP contribution in [-0.2, 0) is 5.54 Å². The van der Waals surface area contributed by atoms with Gasteiger partial charge in [-0.1, -0.05) is 24.5 Å². The summed E-state index contributed by atoms with van der Waals surface area (Å²) in [7, 11) is 0. The third-order valence-electron chi connectivity index (χ3n) is 3.71. The highest BCUT2D eigenvalue weighted by molar-refractivity contribution is 5.80. The van der Waals surface area contributed by atoms with Crippen LogP contribution in [0.5, 0.6) is 0 Å². The van der Waals surface area contributed by atoms with Crippen molar-refractivity contribution in [3.05, 3.63) is 6.33 Å². The Hall–Kier alpha value is -1.72. The number of hydrogen-bond acceptors (Lipinski definition) is 5. The highest BCUT2D eigenvalue weighted by atomic mass is 15.5. The van der Waals surface area contributed by atoms with Crippen molar-refractivity contribution in [2.24, 2.45) is 0 Å². The number of fused-ring (bicyclic) bond motifs is 1. The minimum atomic E-state index is 0.0216. The van der Waals surface area contributed by atoms with Crippen molar-refractivity contribution in [1.29, 1.82) is 0 Å². The van der Waals surface area contributed by atoms with Crippen LogP contribution < -0.4 is 5.73 Å². The first kappa shape index (κ1) is 10.4. The minimum absolute atomic E-state index is 0.0216. The topological polar surface area (TPSA) is 82.5 Å². The number of nitrogen functional groups attached to an aromatic ring is 1. The Kier molecular flexibility index (Phi) is 2.24. The first-order valence-electron chi connectivity index (χ1n) is 6.03. The quantitative estimate of drug-likeness (QED) is 0.805. The van der Waals surface area contributed by atoms with Crippen LogP contribution in [0.3, 0.4) is 0 Å². The maximum absolute atomic E-state index is 5.78.